The number of alkyl halides is 3. The minimum atomic E-state index is -4.34. The fraction of sp³-hybridized carbons (Fsp3) is 0.625. The Balaban J connectivity index is 2.00. The first-order valence-corrected chi connectivity index (χ1v) is 7.87. The van der Waals surface area contributed by atoms with Gasteiger partial charge >= 0.3 is 6.18 Å². The maximum Gasteiger partial charge on any atom is 0.401 e. The molecule has 0 aromatic carbocycles. The molecule has 0 bridgehead atoms. The molecule has 0 unspecified atom stereocenters. The number of pyridine rings is 1. The zero-order valence-corrected chi connectivity index (χ0v) is 13.7. The second-order valence-corrected chi connectivity index (χ2v) is 6.04. The van der Waals surface area contributed by atoms with Gasteiger partial charge in [0.2, 0.25) is 5.91 Å². The van der Waals surface area contributed by atoms with Crippen LogP contribution in [0, 0.1) is 0 Å². The molecule has 0 radical (unpaired) electrons. The lowest BCUT2D eigenvalue weighted by Gasteiger charge is -2.34. The van der Waals surface area contributed by atoms with Crippen LogP contribution < -0.4 is 5.32 Å². The summed E-state index contributed by atoms with van der Waals surface area (Å²) in [6.07, 6.45) is 0.147. The number of likely N-dealkylation sites (N-methyl/N-ethyl adjacent to an activating group) is 1. The molecule has 1 saturated heterocycles. The fourth-order valence-corrected chi connectivity index (χ4v) is 2.73. The minimum absolute atomic E-state index is 0.268. The van der Waals surface area contributed by atoms with Crippen molar-refractivity contribution in [2.75, 3.05) is 20.2 Å². The van der Waals surface area contributed by atoms with Crippen LogP contribution in [0.15, 0.2) is 24.5 Å². The second-order valence-electron chi connectivity index (χ2n) is 6.04. The predicted octanol–water partition coefficient (Wildman–Crippen LogP) is 2.30. The van der Waals surface area contributed by atoms with E-state index >= 15 is 0 Å². The van der Waals surface area contributed by atoms with Crippen molar-refractivity contribution in [3.63, 3.8) is 0 Å². The van der Waals surface area contributed by atoms with Crippen molar-refractivity contribution >= 4 is 5.91 Å². The molecular formula is C16H22F3N3O2. The van der Waals surface area contributed by atoms with E-state index in [1.54, 1.807) is 12.4 Å². The van der Waals surface area contributed by atoms with Crippen molar-refractivity contribution in [3.05, 3.63) is 30.1 Å². The summed E-state index contributed by atoms with van der Waals surface area (Å²) in [5, 5.41) is 2.84. The van der Waals surface area contributed by atoms with Gasteiger partial charge in [0, 0.05) is 19.0 Å². The summed E-state index contributed by atoms with van der Waals surface area (Å²) in [6.45, 7) is 0.922. The number of aromatic nitrogens is 1. The number of carbonyl (C=O) groups is 1. The predicted molar refractivity (Wildman–Crippen MR) is 82.2 cm³/mol. The first-order chi connectivity index (χ1) is 11.3. The Kier molecular flexibility index (Phi) is 6.17. The van der Waals surface area contributed by atoms with Crippen molar-refractivity contribution in [3.8, 4) is 0 Å². The van der Waals surface area contributed by atoms with Gasteiger partial charge < -0.3 is 10.1 Å². The number of nitrogens with zero attached hydrogens (tertiary/aromatic N) is 2. The SMILES string of the molecule is C[C@H](C(=O)N[C@H]1CCCO[C@@H]1c1ccncc1)N(C)CC(F)(F)F. The molecule has 134 valence electrons. The molecule has 0 spiro atoms. The number of amides is 1. The molecular weight excluding hydrogens is 323 g/mol. The smallest absolute Gasteiger partial charge is 0.371 e. The molecule has 2 heterocycles. The Morgan fingerprint density at radius 1 is 1.46 bits per heavy atom. The number of rotatable bonds is 5. The first kappa shape index (κ1) is 18.7. The highest BCUT2D eigenvalue weighted by Crippen LogP contribution is 2.28. The van der Waals surface area contributed by atoms with Crippen LogP contribution in [0.4, 0.5) is 13.2 Å². The van der Waals surface area contributed by atoms with Gasteiger partial charge in [-0.1, -0.05) is 0 Å². The van der Waals surface area contributed by atoms with Gasteiger partial charge in [0.25, 0.3) is 0 Å². The average molecular weight is 345 g/mol. The molecule has 0 aliphatic carbocycles. The number of halogens is 3. The van der Waals surface area contributed by atoms with Gasteiger partial charge in [0.15, 0.2) is 0 Å². The molecule has 2 rings (SSSR count). The molecule has 5 nitrogen and oxygen atoms in total. The Hall–Kier alpha value is -1.67. The third-order valence-electron chi connectivity index (χ3n) is 4.15. The highest BCUT2D eigenvalue weighted by atomic mass is 19.4. The van der Waals surface area contributed by atoms with Gasteiger partial charge in [0.05, 0.1) is 18.6 Å². The molecule has 1 N–H and O–H groups in total. The van der Waals surface area contributed by atoms with Crippen LogP contribution in [0.3, 0.4) is 0 Å². The lowest BCUT2D eigenvalue weighted by Crippen LogP contribution is -2.51. The third-order valence-corrected chi connectivity index (χ3v) is 4.15. The molecule has 24 heavy (non-hydrogen) atoms. The van der Waals surface area contributed by atoms with Crippen LogP contribution in [0.25, 0.3) is 0 Å². The molecule has 1 aromatic rings. The third kappa shape index (κ3) is 5.17. The summed E-state index contributed by atoms with van der Waals surface area (Å²) in [4.78, 5) is 17.3. The van der Waals surface area contributed by atoms with E-state index in [1.807, 2.05) is 12.1 Å². The number of hydrogen-bond donors (Lipinski definition) is 1. The van der Waals surface area contributed by atoms with Crippen molar-refractivity contribution in [1.29, 1.82) is 0 Å². The number of carbonyl (C=O) groups excluding carboxylic acids is 1. The first-order valence-electron chi connectivity index (χ1n) is 7.87. The zero-order chi connectivity index (χ0) is 17.7. The summed E-state index contributed by atoms with van der Waals surface area (Å²) in [5.41, 5.74) is 0.895. The van der Waals surface area contributed by atoms with Gasteiger partial charge in [-0.05, 0) is 44.5 Å². The van der Waals surface area contributed by atoms with Gasteiger partial charge in [-0.3, -0.25) is 14.7 Å². The monoisotopic (exact) mass is 345 g/mol. The molecule has 0 saturated carbocycles. The van der Waals surface area contributed by atoms with E-state index in [9.17, 15) is 18.0 Å². The van der Waals surface area contributed by atoms with Gasteiger partial charge in [0.1, 0.15) is 6.10 Å². The normalized spacial score (nSPS) is 23.1. The lowest BCUT2D eigenvalue weighted by atomic mass is 9.96. The van der Waals surface area contributed by atoms with Crippen LogP contribution in [0.1, 0.15) is 31.4 Å². The van der Waals surface area contributed by atoms with Crippen molar-refractivity contribution < 1.29 is 22.7 Å². The summed E-state index contributed by atoms with van der Waals surface area (Å²) in [6, 6.07) is 2.48. The van der Waals surface area contributed by atoms with E-state index in [2.05, 4.69) is 10.3 Å². The Morgan fingerprint density at radius 3 is 2.75 bits per heavy atom. The van der Waals surface area contributed by atoms with E-state index in [4.69, 9.17) is 4.74 Å². The number of nitrogens with one attached hydrogen (secondary N) is 1. The Morgan fingerprint density at radius 2 is 2.12 bits per heavy atom. The summed E-state index contributed by atoms with van der Waals surface area (Å²) >= 11 is 0. The largest absolute Gasteiger partial charge is 0.401 e. The molecule has 8 heteroatoms. The lowest BCUT2D eigenvalue weighted by molar-refractivity contribution is -0.151. The average Bonchev–Trinajstić information content (AvgIpc) is 2.54. The molecule has 1 amide bonds. The van der Waals surface area contributed by atoms with Gasteiger partial charge in [-0.25, -0.2) is 0 Å². The standard InChI is InChI=1S/C16H22F3N3O2/c1-11(22(2)10-16(17,18)19)15(23)21-13-4-3-9-24-14(13)12-5-7-20-8-6-12/h5-8,11,13-14H,3-4,9-10H2,1-2H3,(H,21,23)/t11-,13+,14-/m1/s1. The van der Waals surface area contributed by atoms with Crippen molar-refractivity contribution in [1.82, 2.24) is 15.2 Å². The minimum Gasteiger partial charge on any atom is -0.371 e. The molecule has 1 aliphatic rings. The molecule has 1 aliphatic heterocycles. The van der Waals surface area contributed by atoms with E-state index in [0.717, 1.165) is 16.9 Å². The zero-order valence-electron chi connectivity index (χ0n) is 13.7. The second kappa shape index (κ2) is 7.94. The molecule has 1 fully saturated rings. The fourth-order valence-electron chi connectivity index (χ4n) is 2.73. The van der Waals surface area contributed by atoms with Crippen LogP contribution >= 0.6 is 0 Å². The van der Waals surface area contributed by atoms with Gasteiger partial charge in [-0.2, -0.15) is 13.2 Å². The maximum absolute atomic E-state index is 12.5. The summed E-state index contributed by atoms with van der Waals surface area (Å²) in [7, 11) is 1.29. The number of ether oxygens (including phenoxy) is 1. The summed E-state index contributed by atoms with van der Waals surface area (Å²) < 4.78 is 43.2. The Labute approximate surface area is 139 Å². The van der Waals surface area contributed by atoms with E-state index in [1.165, 1.54) is 14.0 Å². The maximum atomic E-state index is 12.5. The Bertz CT molecular complexity index is 539. The van der Waals surface area contributed by atoms with Crippen LogP contribution in [0.5, 0.6) is 0 Å². The molecule has 3 atom stereocenters. The van der Waals surface area contributed by atoms with Crippen LogP contribution in [0.2, 0.25) is 0 Å². The van der Waals surface area contributed by atoms with Crippen LogP contribution in [-0.4, -0.2) is 54.3 Å². The van der Waals surface area contributed by atoms with E-state index in [0.29, 0.717) is 13.0 Å². The topological polar surface area (TPSA) is 54.5 Å². The van der Waals surface area contributed by atoms with Crippen LogP contribution in [-0.2, 0) is 9.53 Å². The van der Waals surface area contributed by atoms with E-state index < -0.39 is 24.7 Å². The van der Waals surface area contributed by atoms with Gasteiger partial charge in [-0.15, -0.1) is 0 Å². The molecule has 1 aromatic heterocycles. The van der Waals surface area contributed by atoms with E-state index in [-0.39, 0.29) is 12.1 Å². The summed E-state index contributed by atoms with van der Waals surface area (Å²) in [5.74, 6) is -0.434. The van der Waals surface area contributed by atoms with Crippen molar-refractivity contribution in [2.45, 2.75) is 44.1 Å². The highest BCUT2D eigenvalue weighted by Gasteiger charge is 2.34. The quantitative estimate of drug-likeness (QED) is 0.890. The number of hydrogen-bond acceptors (Lipinski definition) is 4. The van der Waals surface area contributed by atoms with Crippen molar-refractivity contribution in [2.24, 2.45) is 0 Å². The highest BCUT2D eigenvalue weighted by molar-refractivity contribution is 5.81.